The van der Waals surface area contributed by atoms with E-state index in [4.69, 9.17) is 10.8 Å². The Morgan fingerprint density at radius 1 is 1.44 bits per heavy atom. The number of aliphatic carboxylic acids is 1. The van der Waals surface area contributed by atoms with Gasteiger partial charge in [-0.25, -0.2) is 4.39 Å². The summed E-state index contributed by atoms with van der Waals surface area (Å²) in [5, 5.41) is 8.94. The van der Waals surface area contributed by atoms with Gasteiger partial charge in [-0.15, -0.1) is 11.8 Å². The number of carbonyl (C=O) groups excluding carboxylic acids is 1. The van der Waals surface area contributed by atoms with E-state index in [1.807, 2.05) is 0 Å². The van der Waals surface area contributed by atoms with Gasteiger partial charge in [-0.05, 0) is 37.6 Å². The Morgan fingerprint density at radius 2 is 2.06 bits per heavy atom. The topological polar surface area (TPSA) is 80.4 Å². The predicted molar refractivity (Wildman–Crippen MR) is 67.9 cm³/mol. The normalized spacial score (nSPS) is 11.3. The molecule has 0 aliphatic rings. The van der Waals surface area contributed by atoms with Crippen LogP contribution >= 0.6 is 11.8 Å². The Balaban J connectivity index is 2.88. The molecule has 0 saturated heterocycles. The van der Waals surface area contributed by atoms with Gasteiger partial charge in [0.15, 0.2) is 0 Å². The van der Waals surface area contributed by atoms with Crippen LogP contribution in [0.1, 0.15) is 29.8 Å². The summed E-state index contributed by atoms with van der Waals surface area (Å²) in [5.41, 5.74) is 5.58. The number of thioether (sulfide) groups is 1. The Labute approximate surface area is 108 Å². The highest BCUT2D eigenvalue weighted by molar-refractivity contribution is 8.00. The van der Waals surface area contributed by atoms with E-state index in [0.29, 0.717) is 0 Å². The number of primary amides is 1. The molecule has 98 valence electrons. The highest BCUT2D eigenvalue weighted by Gasteiger charge is 2.27. The largest absolute Gasteiger partial charge is 0.480 e. The second kappa shape index (κ2) is 5.39. The van der Waals surface area contributed by atoms with Gasteiger partial charge < -0.3 is 10.8 Å². The second-order valence-electron chi connectivity index (χ2n) is 4.27. The standard InChI is InChI=1S/C12H14FNO3S/c1-12(2,11(16)17)18-6-8-5-7(10(14)15)3-4-9(8)13/h3-5H,6H2,1-2H3,(H2,14,15)(H,16,17). The molecule has 6 heteroatoms. The highest BCUT2D eigenvalue weighted by atomic mass is 32.2. The number of hydrogen-bond donors (Lipinski definition) is 2. The first-order chi connectivity index (χ1) is 8.24. The van der Waals surface area contributed by atoms with Crippen LogP contribution in [0.25, 0.3) is 0 Å². The van der Waals surface area contributed by atoms with Crippen LogP contribution < -0.4 is 5.73 Å². The summed E-state index contributed by atoms with van der Waals surface area (Å²) in [6.45, 7) is 3.08. The van der Waals surface area contributed by atoms with Crippen molar-refractivity contribution < 1.29 is 19.1 Å². The molecule has 1 aromatic rings. The minimum Gasteiger partial charge on any atom is -0.480 e. The molecule has 0 heterocycles. The van der Waals surface area contributed by atoms with Gasteiger partial charge in [0.1, 0.15) is 10.6 Å². The van der Waals surface area contributed by atoms with Crippen LogP contribution in [0.15, 0.2) is 18.2 Å². The SMILES string of the molecule is CC(C)(SCc1cc(C(N)=O)ccc1F)C(=O)O. The van der Waals surface area contributed by atoms with Gasteiger partial charge in [-0.2, -0.15) is 0 Å². The molecule has 0 aromatic heterocycles. The van der Waals surface area contributed by atoms with Crippen LogP contribution in [0.5, 0.6) is 0 Å². The third kappa shape index (κ3) is 3.46. The van der Waals surface area contributed by atoms with Gasteiger partial charge in [0.25, 0.3) is 0 Å². The van der Waals surface area contributed by atoms with Crippen molar-refractivity contribution in [3.63, 3.8) is 0 Å². The fourth-order valence-electron chi connectivity index (χ4n) is 1.16. The van der Waals surface area contributed by atoms with Crippen molar-refractivity contribution in [1.29, 1.82) is 0 Å². The number of hydrogen-bond acceptors (Lipinski definition) is 3. The number of carbonyl (C=O) groups is 2. The molecule has 0 aliphatic heterocycles. The van der Waals surface area contributed by atoms with Gasteiger partial charge in [-0.3, -0.25) is 9.59 Å². The molecule has 1 aromatic carbocycles. The van der Waals surface area contributed by atoms with E-state index in [1.54, 1.807) is 0 Å². The number of nitrogens with two attached hydrogens (primary N) is 1. The number of halogens is 1. The summed E-state index contributed by atoms with van der Waals surface area (Å²) >= 11 is 1.08. The molecule has 0 atom stereocenters. The van der Waals surface area contributed by atoms with E-state index in [9.17, 15) is 14.0 Å². The molecule has 18 heavy (non-hydrogen) atoms. The maximum atomic E-state index is 13.5. The summed E-state index contributed by atoms with van der Waals surface area (Å²) in [5.74, 6) is -1.93. The first-order valence-electron chi connectivity index (χ1n) is 5.19. The van der Waals surface area contributed by atoms with Crippen LogP contribution in [0.3, 0.4) is 0 Å². The number of rotatable bonds is 5. The van der Waals surface area contributed by atoms with Crippen molar-refractivity contribution in [3.05, 3.63) is 35.1 Å². The molecule has 0 aliphatic carbocycles. The van der Waals surface area contributed by atoms with E-state index < -0.39 is 22.4 Å². The molecule has 4 nitrogen and oxygen atoms in total. The lowest BCUT2D eigenvalue weighted by Gasteiger charge is -2.18. The molecule has 0 unspecified atom stereocenters. The summed E-state index contributed by atoms with van der Waals surface area (Å²) in [4.78, 5) is 21.9. The zero-order chi connectivity index (χ0) is 13.9. The minimum absolute atomic E-state index is 0.159. The lowest BCUT2D eigenvalue weighted by atomic mass is 10.1. The maximum absolute atomic E-state index is 13.5. The molecular weight excluding hydrogens is 257 g/mol. The molecule has 0 bridgehead atoms. The summed E-state index contributed by atoms with van der Waals surface area (Å²) in [6, 6.07) is 3.81. The fraction of sp³-hybridized carbons (Fsp3) is 0.333. The van der Waals surface area contributed by atoms with Gasteiger partial charge in [0.2, 0.25) is 5.91 Å². The maximum Gasteiger partial charge on any atom is 0.319 e. The predicted octanol–water partition coefficient (Wildman–Crippen LogP) is 2.02. The quantitative estimate of drug-likeness (QED) is 0.858. The molecule has 3 N–H and O–H groups in total. The fourth-order valence-corrected chi connectivity index (χ4v) is 2.02. The smallest absolute Gasteiger partial charge is 0.319 e. The number of carboxylic acid groups (broad SMARTS) is 1. The number of carboxylic acids is 1. The Bertz CT molecular complexity index is 488. The summed E-state index contributed by atoms with van der Waals surface area (Å²) < 4.78 is 12.5. The Hall–Kier alpha value is -1.56. The van der Waals surface area contributed by atoms with Crippen LogP contribution in [0, 0.1) is 5.82 Å². The van der Waals surface area contributed by atoms with Crippen molar-refractivity contribution in [2.45, 2.75) is 24.3 Å². The van der Waals surface area contributed by atoms with Crippen LogP contribution in [-0.2, 0) is 10.5 Å². The first-order valence-corrected chi connectivity index (χ1v) is 6.18. The minimum atomic E-state index is -1.02. The number of benzene rings is 1. The molecular formula is C12H14FNO3S. The van der Waals surface area contributed by atoms with Gasteiger partial charge >= 0.3 is 5.97 Å². The molecule has 0 radical (unpaired) electrons. The lowest BCUT2D eigenvalue weighted by molar-refractivity contribution is -0.138. The molecule has 0 spiro atoms. The molecule has 1 rings (SSSR count). The third-order valence-corrected chi connectivity index (χ3v) is 3.79. The van der Waals surface area contributed by atoms with Crippen LogP contribution in [-0.4, -0.2) is 21.7 Å². The van der Waals surface area contributed by atoms with Crippen LogP contribution in [0.4, 0.5) is 4.39 Å². The third-order valence-electron chi connectivity index (χ3n) is 2.43. The van der Waals surface area contributed by atoms with Gasteiger partial charge in [0, 0.05) is 11.3 Å². The second-order valence-corrected chi connectivity index (χ2v) is 5.87. The van der Waals surface area contributed by atoms with Crippen molar-refractivity contribution in [2.24, 2.45) is 5.73 Å². The summed E-state index contributed by atoms with van der Waals surface area (Å²) in [7, 11) is 0. The van der Waals surface area contributed by atoms with E-state index in [-0.39, 0.29) is 16.9 Å². The summed E-state index contributed by atoms with van der Waals surface area (Å²) in [6.07, 6.45) is 0. The highest BCUT2D eigenvalue weighted by Crippen LogP contribution is 2.29. The molecule has 1 amide bonds. The van der Waals surface area contributed by atoms with Crippen molar-refractivity contribution in [1.82, 2.24) is 0 Å². The van der Waals surface area contributed by atoms with Crippen LogP contribution in [0.2, 0.25) is 0 Å². The van der Waals surface area contributed by atoms with Crippen molar-refractivity contribution in [3.8, 4) is 0 Å². The van der Waals surface area contributed by atoms with Crippen molar-refractivity contribution >= 4 is 23.6 Å². The molecule has 0 fully saturated rings. The van der Waals surface area contributed by atoms with E-state index in [1.165, 1.54) is 26.0 Å². The Morgan fingerprint density at radius 3 is 2.56 bits per heavy atom. The average molecular weight is 271 g/mol. The number of amides is 1. The average Bonchev–Trinajstić information content (AvgIpc) is 2.27. The monoisotopic (exact) mass is 271 g/mol. The van der Waals surface area contributed by atoms with E-state index in [0.717, 1.165) is 17.8 Å². The van der Waals surface area contributed by atoms with Gasteiger partial charge in [0.05, 0.1) is 0 Å². The Kier molecular flexibility index (Phi) is 4.34. The van der Waals surface area contributed by atoms with E-state index in [2.05, 4.69) is 0 Å². The molecule has 0 saturated carbocycles. The van der Waals surface area contributed by atoms with Gasteiger partial charge in [-0.1, -0.05) is 0 Å². The lowest BCUT2D eigenvalue weighted by Crippen LogP contribution is -2.27. The zero-order valence-corrected chi connectivity index (χ0v) is 10.9. The van der Waals surface area contributed by atoms with E-state index >= 15 is 0 Å². The van der Waals surface area contributed by atoms with Crippen molar-refractivity contribution in [2.75, 3.05) is 0 Å². The zero-order valence-electron chi connectivity index (χ0n) is 10.1. The first kappa shape index (κ1) is 14.5.